The van der Waals surface area contributed by atoms with E-state index in [9.17, 15) is 4.79 Å². The molecule has 2 heterocycles. The van der Waals surface area contributed by atoms with E-state index in [0.717, 1.165) is 41.6 Å². The van der Waals surface area contributed by atoms with Gasteiger partial charge in [0.25, 0.3) is 5.91 Å². The van der Waals surface area contributed by atoms with Crippen LogP contribution >= 0.6 is 0 Å². The number of nitrogens with one attached hydrogen (secondary N) is 1. The predicted octanol–water partition coefficient (Wildman–Crippen LogP) is 4.31. The number of amides is 1. The molecule has 1 aliphatic heterocycles. The van der Waals surface area contributed by atoms with E-state index in [1.807, 2.05) is 12.1 Å². The molecule has 0 bridgehead atoms. The lowest BCUT2D eigenvalue weighted by molar-refractivity contribution is 0.00481. The third-order valence-corrected chi connectivity index (χ3v) is 8.07. The van der Waals surface area contributed by atoms with Crippen LogP contribution in [0.3, 0.4) is 0 Å². The first-order valence-electron chi connectivity index (χ1n) is 12.5. The van der Waals surface area contributed by atoms with Crippen LogP contribution in [0.2, 0.25) is 0 Å². The van der Waals surface area contributed by atoms with Gasteiger partial charge in [-0.2, -0.15) is 0 Å². The molecule has 1 amide bonds. The lowest BCUT2D eigenvalue weighted by atomic mass is 9.83. The van der Waals surface area contributed by atoms with Gasteiger partial charge in [0.15, 0.2) is 0 Å². The van der Waals surface area contributed by atoms with Crippen LogP contribution in [0.4, 0.5) is 0 Å². The van der Waals surface area contributed by atoms with Crippen molar-refractivity contribution in [3.8, 4) is 11.4 Å². The first-order valence-corrected chi connectivity index (χ1v) is 12.5. The van der Waals surface area contributed by atoms with Gasteiger partial charge in [0.05, 0.1) is 11.1 Å². The van der Waals surface area contributed by atoms with Crippen LogP contribution in [-0.2, 0) is 6.54 Å². The minimum atomic E-state index is -0.453. The molecule has 1 aromatic heterocycles. The SMILES string of the molecule is NC(=O)c1cccc2[nH]c(-c3ccc(CN4CCC(N(C5CCC5)C5CCC5)C4)cc3)nc12. The molecule has 33 heavy (non-hydrogen) atoms. The number of aromatic nitrogens is 2. The zero-order valence-electron chi connectivity index (χ0n) is 19.2. The van der Waals surface area contributed by atoms with Gasteiger partial charge in [-0.15, -0.1) is 0 Å². The van der Waals surface area contributed by atoms with Gasteiger partial charge in [-0.25, -0.2) is 4.98 Å². The Bertz CT molecular complexity index is 1130. The minimum absolute atomic E-state index is 0.452. The molecule has 2 saturated carbocycles. The number of hydrogen-bond donors (Lipinski definition) is 2. The van der Waals surface area contributed by atoms with Gasteiger partial charge in [-0.1, -0.05) is 43.2 Å². The molecule has 2 aromatic carbocycles. The summed E-state index contributed by atoms with van der Waals surface area (Å²) in [6.07, 6.45) is 9.81. The zero-order valence-corrected chi connectivity index (χ0v) is 19.2. The van der Waals surface area contributed by atoms with Gasteiger partial charge >= 0.3 is 0 Å². The number of carbonyl (C=O) groups is 1. The van der Waals surface area contributed by atoms with Gasteiger partial charge in [-0.3, -0.25) is 14.6 Å². The van der Waals surface area contributed by atoms with E-state index in [2.05, 4.69) is 44.0 Å². The topological polar surface area (TPSA) is 78.2 Å². The molecule has 1 unspecified atom stereocenters. The van der Waals surface area contributed by atoms with Crippen molar-refractivity contribution in [2.45, 2.75) is 69.6 Å². The minimum Gasteiger partial charge on any atom is -0.366 e. The van der Waals surface area contributed by atoms with Crippen molar-refractivity contribution in [1.82, 2.24) is 19.8 Å². The van der Waals surface area contributed by atoms with Crippen LogP contribution < -0.4 is 5.73 Å². The highest BCUT2D eigenvalue weighted by molar-refractivity contribution is 6.04. The second-order valence-electron chi connectivity index (χ2n) is 10.1. The third kappa shape index (κ3) is 3.96. The van der Waals surface area contributed by atoms with Crippen LogP contribution in [0.15, 0.2) is 42.5 Å². The van der Waals surface area contributed by atoms with Crippen molar-refractivity contribution in [1.29, 1.82) is 0 Å². The lowest BCUT2D eigenvalue weighted by Crippen LogP contribution is -2.55. The Labute approximate surface area is 195 Å². The van der Waals surface area contributed by atoms with Gasteiger partial charge in [0, 0.05) is 43.3 Å². The third-order valence-electron chi connectivity index (χ3n) is 8.07. The molecule has 2 aliphatic carbocycles. The number of carbonyl (C=O) groups excluding carboxylic acids is 1. The fourth-order valence-corrected chi connectivity index (χ4v) is 5.86. The average Bonchev–Trinajstić information content (AvgIpc) is 3.38. The highest BCUT2D eigenvalue weighted by Crippen LogP contribution is 2.37. The molecule has 0 radical (unpaired) electrons. The van der Waals surface area contributed by atoms with E-state index in [4.69, 9.17) is 5.73 Å². The Morgan fingerprint density at radius 3 is 2.36 bits per heavy atom. The molecule has 1 atom stereocenters. The van der Waals surface area contributed by atoms with Crippen LogP contribution in [-0.4, -0.2) is 56.9 Å². The van der Waals surface area contributed by atoms with E-state index >= 15 is 0 Å². The predicted molar refractivity (Wildman–Crippen MR) is 131 cm³/mol. The number of H-pyrrole nitrogens is 1. The molecule has 6 nitrogen and oxygen atoms in total. The molecule has 3 aliphatic rings. The summed E-state index contributed by atoms with van der Waals surface area (Å²) in [5.41, 5.74) is 9.78. The van der Waals surface area contributed by atoms with Crippen LogP contribution in [0.5, 0.6) is 0 Å². The van der Waals surface area contributed by atoms with Crippen molar-refractivity contribution < 1.29 is 4.79 Å². The number of benzene rings is 2. The van der Waals surface area contributed by atoms with Gasteiger partial charge < -0.3 is 10.7 Å². The summed E-state index contributed by atoms with van der Waals surface area (Å²) in [6, 6.07) is 16.6. The second kappa shape index (κ2) is 8.58. The second-order valence-corrected chi connectivity index (χ2v) is 10.1. The van der Waals surface area contributed by atoms with Crippen LogP contribution in [0, 0.1) is 0 Å². The van der Waals surface area contributed by atoms with Crippen molar-refractivity contribution in [2.24, 2.45) is 5.73 Å². The number of rotatable bonds is 7. The monoisotopic (exact) mass is 443 g/mol. The number of primary amides is 1. The number of aromatic amines is 1. The van der Waals surface area contributed by atoms with Crippen molar-refractivity contribution in [3.63, 3.8) is 0 Å². The Kier molecular flexibility index (Phi) is 5.43. The van der Waals surface area contributed by atoms with E-state index in [0.29, 0.717) is 11.1 Å². The average molecular weight is 444 g/mol. The lowest BCUT2D eigenvalue weighted by Gasteiger charge is -2.49. The molecular weight excluding hydrogens is 410 g/mol. The van der Waals surface area contributed by atoms with Crippen molar-refractivity contribution in [3.05, 3.63) is 53.6 Å². The molecule has 6 heteroatoms. The highest BCUT2D eigenvalue weighted by atomic mass is 16.1. The van der Waals surface area contributed by atoms with Gasteiger partial charge in [-0.05, 0) is 49.8 Å². The fourth-order valence-electron chi connectivity index (χ4n) is 5.86. The summed E-state index contributed by atoms with van der Waals surface area (Å²) in [6.45, 7) is 3.40. The standard InChI is InChI=1S/C27H33N5O/c28-26(33)23-8-3-9-24-25(23)30-27(29-24)19-12-10-18(11-13-19)16-31-15-14-22(17-31)32(20-4-1-5-20)21-6-2-7-21/h3,8-13,20-22H,1-2,4-7,14-17H2,(H2,28,33)(H,29,30). The van der Waals surface area contributed by atoms with Crippen molar-refractivity contribution >= 4 is 16.9 Å². The van der Waals surface area contributed by atoms with E-state index in [1.165, 1.54) is 63.6 Å². The summed E-state index contributed by atoms with van der Waals surface area (Å²) < 4.78 is 0. The normalized spacial score (nSPS) is 22.0. The summed E-state index contributed by atoms with van der Waals surface area (Å²) in [5, 5.41) is 0. The Hall–Kier alpha value is -2.70. The maximum absolute atomic E-state index is 11.7. The molecular formula is C27H33N5O. The number of imidazole rings is 1. The summed E-state index contributed by atoms with van der Waals surface area (Å²) in [7, 11) is 0. The fraction of sp³-hybridized carbons (Fsp3) is 0.481. The Morgan fingerprint density at radius 1 is 1.00 bits per heavy atom. The number of para-hydroxylation sites is 1. The molecule has 0 spiro atoms. The summed E-state index contributed by atoms with van der Waals surface area (Å²) >= 11 is 0. The van der Waals surface area contributed by atoms with Gasteiger partial charge in [0.2, 0.25) is 0 Å². The Morgan fingerprint density at radius 2 is 1.73 bits per heavy atom. The smallest absolute Gasteiger partial charge is 0.250 e. The quantitative estimate of drug-likeness (QED) is 0.570. The van der Waals surface area contributed by atoms with Crippen molar-refractivity contribution in [2.75, 3.05) is 13.1 Å². The largest absolute Gasteiger partial charge is 0.366 e. The number of hydrogen-bond acceptors (Lipinski definition) is 4. The summed E-state index contributed by atoms with van der Waals surface area (Å²) in [4.78, 5) is 25.2. The number of nitrogens with zero attached hydrogens (tertiary/aromatic N) is 3. The molecule has 3 N–H and O–H groups in total. The number of nitrogens with two attached hydrogens (primary N) is 1. The maximum atomic E-state index is 11.7. The maximum Gasteiger partial charge on any atom is 0.250 e. The van der Waals surface area contributed by atoms with E-state index in [-0.39, 0.29) is 0 Å². The highest BCUT2D eigenvalue weighted by Gasteiger charge is 2.40. The molecule has 6 rings (SSSR count). The van der Waals surface area contributed by atoms with Crippen LogP contribution in [0.1, 0.15) is 60.9 Å². The van der Waals surface area contributed by atoms with Crippen LogP contribution in [0.25, 0.3) is 22.4 Å². The van der Waals surface area contributed by atoms with E-state index in [1.54, 1.807) is 6.07 Å². The molecule has 3 fully saturated rings. The van der Waals surface area contributed by atoms with Gasteiger partial charge in [0.1, 0.15) is 11.3 Å². The number of fused-ring (bicyclic) bond motifs is 1. The molecule has 172 valence electrons. The number of likely N-dealkylation sites (tertiary alicyclic amines) is 1. The Balaban J connectivity index is 1.13. The first-order chi connectivity index (χ1) is 16.2. The first kappa shape index (κ1) is 20.9. The summed E-state index contributed by atoms with van der Waals surface area (Å²) in [5.74, 6) is 0.314. The molecule has 1 saturated heterocycles. The zero-order chi connectivity index (χ0) is 22.4. The van der Waals surface area contributed by atoms with E-state index < -0.39 is 5.91 Å². The molecule has 3 aromatic rings.